The second-order valence-electron chi connectivity index (χ2n) is 3.90. The Morgan fingerprint density at radius 3 is 3.06 bits per heavy atom. The van der Waals surface area contributed by atoms with Gasteiger partial charge in [0.1, 0.15) is 10.7 Å². The van der Waals surface area contributed by atoms with Crippen molar-refractivity contribution in [3.63, 3.8) is 0 Å². The first-order valence-corrected chi connectivity index (χ1v) is 6.46. The largest absolute Gasteiger partial charge is 0.397 e. The van der Waals surface area contributed by atoms with E-state index in [1.165, 1.54) is 17.8 Å². The summed E-state index contributed by atoms with van der Waals surface area (Å²) in [7, 11) is 0. The normalized spacial score (nSPS) is 19.4. The molecule has 1 amide bonds. The molecule has 5 nitrogen and oxygen atoms in total. The number of carbonyl (C=O) groups is 1. The van der Waals surface area contributed by atoms with Crippen molar-refractivity contribution in [3.05, 3.63) is 17.8 Å². The van der Waals surface area contributed by atoms with Crippen molar-refractivity contribution in [2.24, 2.45) is 5.73 Å². The number of rotatable bonds is 4. The summed E-state index contributed by atoms with van der Waals surface area (Å²) in [6.45, 7) is 0.829. The second kappa shape index (κ2) is 5.37. The molecule has 0 saturated carbocycles. The number of ether oxygens (including phenoxy) is 1. The van der Waals surface area contributed by atoms with Crippen LogP contribution in [0.2, 0.25) is 0 Å². The fraction of sp³-hybridized carbons (Fsp3) is 0.455. The summed E-state index contributed by atoms with van der Waals surface area (Å²) in [5.74, 6) is 0.267. The van der Waals surface area contributed by atoms with Gasteiger partial charge >= 0.3 is 0 Å². The first kappa shape index (κ1) is 12.2. The van der Waals surface area contributed by atoms with E-state index in [9.17, 15) is 4.79 Å². The molecule has 1 aliphatic heterocycles. The third-order valence-electron chi connectivity index (χ3n) is 2.57. The molecular formula is C11H15N3O2S. The van der Waals surface area contributed by atoms with Gasteiger partial charge in [0.2, 0.25) is 0 Å². The average molecular weight is 253 g/mol. The molecule has 17 heavy (non-hydrogen) atoms. The maximum atomic E-state index is 11.0. The van der Waals surface area contributed by atoms with E-state index >= 15 is 0 Å². The molecule has 92 valence electrons. The Bertz CT molecular complexity index is 419. The van der Waals surface area contributed by atoms with E-state index in [0.717, 1.165) is 25.2 Å². The Balaban J connectivity index is 2.03. The van der Waals surface area contributed by atoms with Crippen molar-refractivity contribution in [2.45, 2.75) is 24.0 Å². The van der Waals surface area contributed by atoms with Crippen LogP contribution in [0.5, 0.6) is 0 Å². The molecule has 1 saturated heterocycles. The zero-order valence-electron chi connectivity index (χ0n) is 9.39. The van der Waals surface area contributed by atoms with E-state index in [2.05, 4.69) is 4.98 Å². The van der Waals surface area contributed by atoms with Crippen LogP contribution >= 0.6 is 11.8 Å². The summed E-state index contributed by atoms with van der Waals surface area (Å²) >= 11 is 1.51. The van der Waals surface area contributed by atoms with Gasteiger partial charge in [-0.3, -0.25) is 4.79 Å². The Labute approximate surface area is 104 Å². The Morgan fingerprint density at radius 1 is 1.59 bits per heavy atom. The lowest BCUT2D eigenvalue weighted by Gasteiger charge is -2.10. The number of aromatic nitrogens is 1. The monoisotopic (exact) mass is 253 g/mol. The molecule has 0 spiro atoms. The van der Waals surface area contributed by atoms with Crippen LogP contribution in [0.3, 0.4) is 0 Å². The summed E-state index contributed by atoms with van der Waals surface area (Å²) in [5.41, 5.74) is 11.8. The lowest BCUT2D eigenvalue weighted by Crippen LogP contribution is -2.14. The van der Waals surface area contributed by atoms with Gasteiger partial charge in [-0.2, -0.15) is 0 Å². The molecule has 1 atom stereocenters. The third-order valence-corrected chi connectivity index (χ3v) is 3.71. The van der Waals surface area contributed by atoms with Crippen LogP contribution in [0.15, 0.2) is 17.2 Å². The van der Waals surface area contributed by atoms with Crippen LogP contribution in [-0.4, -0.2) is 29.4 Å². The highest BCUT2D eigenvalue weighted by Gasteiger charge is 2.17. The summed E-state index contributed by atoms with van der Waals surface area (Å²) in [4.78, 5) is 15.2. The van der Waals surface area contributed by atoms with Gasteiger partial charge in [0.25, 0.3) is 5.91 Å². The number of nitrogens with two attached hydrogens (primary N) is 2. The van der Waals surface area contributed by atoms with Gasteiger partial charge in [0.15, 0.2) is 0 Å². The molecule has 1 aromatic heterocycles. The number of hydrogen-bond donors (Lipinski definition) is 2. The zero-order chi connectivity index (χ0) is 12.3. The van der Waals surface area contributed by atoms with Crippen molar-refractivity contribution < 1.29 is 9.53 Å². The predicted molar refractivity (Wildman–Crippen MR) is 66.9 cm³/mol. The van der Waals surface area contributed by atoms with Gasteiger partial charge in [-0.25, -0.2) is 4.98 Å². The molecule has 1 unspecified atom stereocenters. The molecule has 0 aliphatic carbocycles. The minimum absolute atomic E-state index is 0.244. The maximum absolute atomic E-state index is 11.0. The minimum atomic E-state index is -0.538. The van der Waals surface area contributed by atoms with Gasteiger partial charge in [0.05, 0.1) is 11.8 Å². The molecule has 2 rings (SSSR count). The topological polar surface area (TPSA) is 91.2 Å². The number of primary amides is 1. The van der Waals surface area contributed by atoms with Crippen molar-refractivity contribution in [1.82, 2.24) is 4.98 Å². The lowest BCUT2D eigenvalue weighted by molar-refractivity contribution is 0.0995. The first-order valence-electron chi connectivity index (χ1n) is 5.47. The summed E-state index contributed by atoms with van der Waals surface area (Å²) in [6, 6.07) is 3.19. The Hall–Kier alpha value is -1.27. The molecular weight excluding hydrogens is 238 g/mol. The SMILES string of the molecule is NC(=O)c1ccc(N)c(SCC2CCCO2)n1. The van der Waals surface area contributed by atoms with Crippen LogP contribution in [0.25, 0.3) is 0 Å². The van der Waals surface area contributed by atoms with Gasteiger partial charge < -0.3 is 16.2 Å². The van der Waals surface area contributed by atoms with Crippen LogP contribution in [0.1, 0.15) is 23.3 Å². The molecule has 6 heteroatoms. The summed E-state index contributed by atoms with van der Waals surface area (Å²) < 4.78 is 5.51. The zero-order valence-corrected chi connectivity index (χ0v) is 10.2. The van der Waals surface area contributed by atoms with E-state index in [4.69, 9.17) is 16.2 Å². The van der Waals surface area contributed by atoms with Crippen molar-refractivity contribution in [3.8, 4) is 0 Å². The van der Waals surface area contributed by atoms with Gasteiger partial charge in [-0.15, -0.1) is 11.8 Å². The molecule has 0 radical (unpaired) electrons. The summed E-state index contributed by atoms with van der Waals surface area (Å²) in [6.07, 6.45) is 2.44. The van der Waals surface area contributed by atoms with E-state index in [0.29, 0.717) is 10.7 Å². The first-order chi connectivity index (χ1) is 8.16. The highest BCUT2D eigenvalue weighted by Crippen LogP contribution is 2.26. The highest BCUT2D eigenvalue weighted by molar-refractivity contribution is 7.99. The number of nitrogens with zero attached hydrogens (tertiary/aromatic N) is 1. The molecule has 1 fully saturated rings. The second-order valence-corrected chi connectivity index (χ2v) is 4.91. The third kappa shape index (κ3) is 3.10. The quantitative estimate of drug-likeness (QED) is 0.782. The fourth-order valence-corrected chi connectivity index (χ4v) is 2.66. The highest BCUT2D eigenvalue weighted by atomic mass is 32.2. The van der Waals surface area contributed by atoms with Crippen LogP contribution in [-0.2, 0) is 4.74 Å². The average Bonchev–Trinajstić information content (AvgIpc) is 2.80. The van der Waals surface area contributed by atoms with E-state index in [1.807, 2.05) is 0 Å². The van der Waals surface area contributed by atoms with Gasteiger partial charge in [-0.05, 0) is 25.0 Å². The van der Waals surface area contributed by atoms with E-state index in [-0.39, 0.29) is 11.8 Å². The van der Waals surface area contributed by atoms with Crippen LogP contribution in [0, 0.1) is 0 Å². The van der Waals surface area contributed by atoms with E-state index in [1.54, 1.807) is 6.07 Å². The molecule has 1 aromatic rings. The van der Waals surface area contributed by atoms with Crippen LogP contribution < -0.4 is 11.5 Å². The van der Waals surface area contributed by atoms with Crippen molar-refractivity contribution in [1.29, 1.82) is 0 Å². The Kier molecular flexibility index (Phi) is 3.86. The molecule has 0 aromatic carbocycles. The number of pyridine rings is 1. The lowest BCUT2D eigenvalue weighted by atomic mass is 10.3. The molecule has 4 N–H and O–H groups in total. The number of anilines is 1. The smallest absolute Gasteiger partial charge is 0.267 e. The predicted octanol–water partition coefficient (Wildman–Crippen LogP) is 1.03. The molecule has 1 aliphatic rings. The van der Waals surface area contributed by atoms with Crippen molar-refractivity contribution in [2.75, 3.05) is 18.1 Å². The summed E-state index contributed by atoms with van der Waals surface area (Å²) in [5, 5.41) is 0.650. The number of nitrogen functional groups attached to an aromatic ring is 1. The minimum Gasteiger partial charge on any atom is -0.397 e. The van der Waals surface area contributed by atoms with E-state index < -0.39 is 5.91 Å². The van der Waals surface area contributed by atoms with Gasteiger partial charge in [-0.1, -0.05) is 0 Å². The number of carbonyl (C=O) groups excluding carboxylic acids is 1. The number of thioether (sulfide) groups is 1. The van der Waals surface area contributed by atoms with Gasteiger partial charge in [0, 0.05) is 12.4 Å². The molecule has 2 heterocycles. The maximum Gasteiger partial charge on any atom is 0.267 e. The fourth-order valence-electron chi connectivity index (χ4n) is 1.65. The number of amides is 1. The van der Waals surface area contributed by atoms with Crippen molar-refractivity contribution >= 4 is 23.4 Å². The molecule has 0 bridgehead atoms. The van der Waals surface area contributed by atoms with Crippen LogP contribution in [0.4, 0.5) is 5.69 Å². The number of hydrogen-bond acceptors (Lipinski definition) is 5. The standard InChI is InChI=1S/C11H15N3O2S/c12-8-3-4-9(10(13)15)14-11(8)17-6-7-2-1-5-16-7/h3-4,7H,1-2,5-6,12H2,(H2,13,15). The Morgan fingerprint density at radius 2 is 2.41 bits per heavy atom.